The van der Waals surface area contributed by atoms with Gasteiger partial charge in [-0.2, -0.15) is 5.10 Å². The molecule has 1 aliphatic heterocycles. The quantitative estimate of drug-likeness (QED) is 0.838. The molecule has 21 heavy (non-hydrogen) atoms. The summed E-state index contributed by atoms with van der Waals surface area (Å²) in [5.74, 6) is 0.0628. The SMILES string of the molecule is Cn1nc(CC(=O)N2CCNCC2)c2ccccc2c1=O. The maximum Gasteiger partial charge on any atom is 0.274 e. The first-order valence-corrected chi connectivity index (χ1v) is 7.10. The number of amides is 1. The zero-order valence-electron chi connectivity index (χ0n) is 12.0. The Hall–Kier alpha value is -2.21. The first-order chi connectivity index (χ1) is 10.2. The standard InChI is InChI=1S/C15H18N4O2/c1-18-15(21)12-5-3-2-4-11(12)13(17-18)10-14(20)19-8-6-16-7-9-19/h2-5,16H,6-10H2,1H3. The van der Waals surface area contributed by atoms with E-state index in [1.165, 1.54) is 4.68 Å². The van der Waals surface area contributed by atoms with Crippen molar-refractivity contribution in [3.63, 3.8) is 0 Å². The van der Waals surface area contributed by atoms with E-state index in [0.29, 0.717) is 11.1 Å². The van der Waals surface area contributed by atoms with Gasteiger partial charge in [0.15, 0.2) is 0 Å². The maximum absolute atomic E-state index is 12.4. The fourth-order valence-corrected chi connectivity index (χ4v) is 2.68. The molecule has 1 aromatic carbocycles. The van der Waals surface area contributed by atoms with Gasteiger partial charge in [0.2, 0.25) is 5.91 Å². The molecule has 6 nitrogen and oxygen atoms in total. The Morgan fingerprint density at radius 2 is 1.90 bits per heavy atom. The minimum absolute atomic E-state index is 0.0628. The summed E-state index contributed by atoms with van der Waals surface area (Å²) < 4.78 is 1.31. The number of carbonyl (C=O) groups is 1. The van der Waals surface area contributed by atoms with Crippen molar-refractivity contribution in [2.45, 2.75) is 6.42 Å². The molecule has 6 heteroatoms. The number of piperazine rings is 1. The molecular weight excluding hydrogens is 268 g/mol. The van der Waals surface area contributed by atoms with E-state index in [1.54, 1.807) is 13.1 Å². The highest BCUT2D eigenvalue weighted by Gasteiger charge is 2.19. The minimum atomic E-state index is -0.135. The van der Waals surface area contributed by atoms with Crippen LogP contribution in [0, 0.1) is 0 Å². The van der Waals surface area contributed by atoms with Gasteiger partial charge in [-0.3, -0.25) is 9.59 Å². The number of rotatable bonds is 2. The molecule has 0 aliphatic carbocycles. The topological polar surface area (TPSA) is 67.2 Å². The van der Waals surface area contributed by atoms with Crippen molar-refractivity contribution in [1.29, 1.82) is 0 Å². The van der Waals surface area contributed by atoms with Crippen LogP contribution in [0.15, 0.2) is 29.1 Å². The summed E-state index contributed by atoms with van der Waals surface area (Å²) in [6.45, 7) is 3.10. The summed E-state index contributed by atoms with van der Waals surface area (Å²) >= 11 is 0. The summed E-state index contributed by atoms with van der Waals surface area (Å²) in [6.07, 6.45) is 0.231. The summed E-state index contributed by atoms with van der Waals surface area (Å²) in [7, 11) is 1.62. The Balaban J connectivity index is 1.95. The van der Waals surface area contributed by atoms with Crippen molar-refractivity contribution >= 4 is 16.7 Å². The van der Waals surface area contributed by atoms with Crippen LogP contribution < -0.4 is 10.9 Å². The van der Waals surface area contributed by atoms with Crippen LogP contribution in [0.25, 0.3) is 10.8 Å². The molecule has 1 aromatic heterocycles. The molecule has 2 aromatic rings. The highest BCUT2D eigenvalue weighted by atomic mass is 16.2. The number of nitrogens with one attached hydrogen (secondary N) is 1. The molecule has 1 fully saturated rings. The van der Waals surface area contributed by atoms with E-state index >= 15 is 0 Å². The second-order valence-electron chi connectivity index (χ2n) is 5.23. The summed E-state index contributed by atoms with van der Waals surface area (Å²) in [5.41, 5.74) is 0.528. The van der Waals surface area contributed by atoms with Crippen LogP contribution in [0.3, 0.4) is 0 Å². The van der Waals surface area contributed by atoms with Crippen molar-refractivity contribution in [2.75, 3.05) is 26.2 Å². The van der Waals surface area contributed by atoms with E-state index in [0.717, 1.165) is 31.6 Å². The van der Waals surface area contributed by atoms with Crippen LogP contribution in [-0.2, 0) is 18.3 Å². The molecule has 0 saturated carbocycles. The van der Waals surface area contributed by atoms with Crippen LogP contribution in [-0.4, -0.2) is 46.8 Å². The van der Waals surface area contributed by atoms with E-state index in [4.69, 9.17) is 0 Å². The van der Waals surface area contributed by atoms with Crippen molar-refractivity contribution in [3.8, 4) is 0 Å². The molecule has 0 radical (unpaired) electrons. The fourth-order valence-electron chi connectivity index (χ4n) is 2.68. The summed E-state index contributed by atoms with van der Waals surface area (Å²) in [5, 5.41) is 8.88. The molecule has 1 aliphatic rings. The molecule has 3 rings (SSSR count). The predicted molar refractivity (Wildman–Crippen MR) is 80.1 cm³/mol. The van der Waals surface area contributed by atoms with Gasteiger partial charge in [0.05, 0.1) is 17.5 Å². The molecule has 110 valence electrons. The fraction of sp³-hybridized carbons (Fsp3) is 0.400. The number of hydrogen-bond donors (Lipinski definition) is 1. The average molecular weight is 286 g/mol. The molecule has 2 heterocycles. The lowest BCUT2D eigenvalue weighted by Gasteiger charge is -2.27. The van der Waals surface area contributed by atoms with Crippen molar-refractivity contribution in [1.82, 2.24) is 20.0 Å². The van der Waals surface area contributed by atoms with E-state index < -0.39 is 0 Å². The number of benzene rings is 1. The zero-order chi connectivity index (χ0) is 14.8. The first kappa shape index (κ1) is 13.8. The van der Waals surface area contributed by atoms with Gasteiger partial charge in [-0.05, 0) is 6.07 Å². The van der Waals surface area contributed by atoms with Crippen LogP contribution in [0.2, 0.25) is 0 Å². The Morgan fingerprint density at radius 3 is 2.62 bits per heavy atom. The Morgan fingerprint density at radius 1 is 1.24 bits per heavy atom. The minimum Gasteiger partial charge on any atom is -0.340 e. The van der Waals surface area contributed by atoms with Crippen molar-refractivity contribution in [3.05, 3.63) is 40.3 Å². The monoisotopic (exact) mass is 286 g/mol. The number of hydrogen-bond acceptors (Lipinski definition) is 4. The van der Waals surface area contributed by atoms with Gasteiger partial charge in [0.25, 0.3) is 5.56 Å². The predicted octanol–water partition coefficient (Wildman–Crippen LogP) is -0.0922. The highest BCUT2D eigenvalue weighted by molar-refractivity contribution is 5.88. The van der Waals surface area contributed by atoms with Gasteiger partial charge in [-0.15, -0.1) is 0 Å². The molecule has 0 bridgehead atoms. The zero-order valence-corrected chi connectivity index (χ0v) is 12.0. The molecule has 1 amide bonds. The third-order valence-electron chi connectivity index (χ3n) is 3.82. The second kappa shape index (κ2) is 5.65. The average Bonchev–Trinajstić information content (AvgIpc) is 2.53. The second-order valence-corrected chi connectivity index (χ2v) is 5.23. The summed E-state index contributed by atoms with van der Waals surface area (Å²) in [4.78, 5) is 26.3. The van der Waals surface area contributed by atoms with Crippen LogP contribution in [0.5, 0.6) is 0 Å². The molecule has 1 N–H and O–H groups in total. The lowest BCUT2D eigenvalue weighted by molar-refractivity contribution is -0.131. The van der Waals surface area contributed by atoms with Gasteiger partial charge in [-0.1, -0.05) is 18.2 Å². The summed E-state index contributed by atoms with van der Waals surface area (Å²) in [6, 6.07) is 7.32. The van der Waals surface area contributed by atoms with Gasteiger partial charge in [0.1, 0.15) is 0 Å². The lowest BCUT2D eigenvalue weighted by Crippen LogP contribution is -2.47. The van der Waals surface area contributed by atoms with Crippen molar-refractivity contribution < 1.29 is 4.79 Å². The number of aryl methyl sites for hydroxylation is 1. The van der Waals surface area contributed by atoms with E-state index in [1.807, 2.05) is 23.1 Å². The van der Waals surface area contributed by atoms with E-state index in [-0.39, 0.29) is 17.9 Å². The molecule has 1 saturated heterocycles. The van der Waals surface area contributed by atoms with Gasteiger partial charge in [0, 0.05) is 38.6 Å². The Kier molecular flexibility index (Phi) is 3.70. The Bertz CT molecular complexity index is 732. The number of carbonyl (C=O) groups excluding carboxylic acids is 1. The van der Waals surface area contributed by atoms with Crippen LogP contribution in [0.1, 0.15) is 5.69 Å². The molecule has 0 atom stereocenters. The van der Waals surface area contributed by atoms with Crippen molar-refractivity contribution in [2.24, 2.45) is 7.05 Å². The smallest absolute Gasteiger partial charge is 0.274 e. The van der Waals surface area contributed by atoms with E-state index in [9.17, 15) is 9.59 Å². The molecule has 0 spiro atoms. The number of aromatic nitrogens is 2. The van der Waals surface area contributed by atoms with Crippen LogP contribution in [0.4, 0.5) is 0 Å². The third kappa shape index (κ3) is 2.67. The highest BCUT2D eigenvalue weighted by Crippen LogP contribution is 2.14. The van der Waals surface area contributed by atoms with Gasteiger partial charge < -0.3 is 10.2 Å². The lowest BCUT2D eigenvalue weighted by atomic mass is 10.1. The van der Waals surface area contributed by atoms with Gasteiger partial charge in [-0.25, -0.2) is 4.68 Å². The largest absolute Gasteiger partial charge is 0.340 e. The number of nitrogens with zero attached hydrogens (tertiary/aromatic N) is 3. The van der Waals surface area contributed by atoms with Crippen LogP contribution >= 0.6 is 0 Å². The number of fused-ring (bicyclic) bond motifs is 1. The van der Waals surface area contributed by atoms with E-state index in [2.05, 4.69) is 10.4 Å². The molecular formula is C15H18N4O2. The normalized spacial score (nSPS) is 15.4. The Labute approximate surface area is 122 Å². The van der Waals surface area contributed by atoms with Gasteiger partial charge >= 0.3 is 0 Å². The molecule has 0 unspecified atom stereocenters. The third-order valence-corrected chi connectivity index (χ3v) is 3.82. The first-order valence-electron chi connectivity index (χ1n) is 7.10. The maximum atomic E-state index is 12.4.